The average Bonchev–Trinajstić information content (AvgIpc) is 2.86. The minimum atomic E-state index is -0.679. The molecule has 1 heterocycles. The summed E-state index contributed by atoms with van der Waals surface area (Å²) in [5, 5.41) is 44.1. The van der Waals surface area contributed by atoms with E-state index >= 15 is 0 Å². The smallest absolute Gasteiger partial charge is 0.161 e. The van der Waals surface area contributed by atoms with E-state index in [-0.39, 0.29) is 24.2 Å². The Kier molecular flexibility index (Phi) is 11.5. The number of benzene rings is 1. The van der Waals surface area contributed by atoms with Crippen molar-refractivity contribution in [1.29, 1.82) is 0 Å². The van der Waals surface area contributed by atoms with E-state index in [0.29, 0.717) is 50.3 Å². The molecule has 0 fully saturated rings. The molecular formula is C29H42N2O5. The molecule has 36 heavy (non-hydrogen) atoms. The van der Waals surface area contributed by atoms with Gasteiger partial charge in [0, 0.05) is 31.4 Å². The van der Waals surface area contributed by atoms with Gasteiger partial charge in [-0.15, -0.1) is 5.92 Å². The predicted octanol–water partition coefficient (Wildman–Crippen LogP) is 3.12. The summed E-state index contributed by atoms with van der Waals surface area (Å²) < 4.78 is 5.84. The van der Waals surface area contributed by atoms with E-state index in [4.69, 9.17) is 10.5 Å². The number of ether oxygens (including phenoxy) is 1. The summed E-state index contributed by atoms with van der Waals surface area (Å²) in [5.74, 6) is 7.51. The van der Waals surface area contributed by atoms with Crippen LogP contribution in [0.4, 0.5) is 0 Å². The van der Waals surface area contributed by atoms with Crippen molar-refractivity contribution in [3.05, 3.63) is 47.3 Å². The topological polar surface area (TPSA) is 128 Å². The van der Waals surface area contributed by atoms with E-state index in [1.807, 2.05) is 18.2 Å². The quantitative estimate of drug-likeness (QED) is 0.204. The van der Waals surface area contributed by atoms with Crippen LogP contribution in [0.5, 0.6) is 11.5 Å². The number of hydrogen-bond acceptors (Lipinski definition) is 7. The lowest BCUT2D eigenvalue weighted by Crippen LogP contribution is -2.32. The number of aryl methyl sites for hydroxylation is 1. The Morgan fingerprint density at radius 2 is 2.03 bits per heavy atom. The second-order valence-electron chi connectivity index (χ2n) is 9.87. The molecule has 0 saturated heterocycles. The standard InChI is InChI=1S/C29H42N2O5/c30-29-20-22(14-16-31-29)7-4-18-36-28-19-23(11-13-27(28)35)10-12-26(34)24-8-3-6-21(15-17-32)5-1-2-9-25(24)33/h11,13-14,19-21,24-26,31-35H,1-2,4-5,7-10,12,15-18,30H2. The number of aliphatic hydroxyl groups excluding tert-OH is 3. The van der Waals surface area contributed by atoms with Gasteiger partial charge in [-0.05, 0) is 74.3 Å². The molecule has 7 nitrogen and oxygen atoms in total. The van der Waals surface area contributed by atoms with Gasteiger partial charge in [-0.25, -0.2) is 0 Å². The predicted molar refractivity (Wildman–Crippen MR) is 141 cm³/mol. The van der Waals surface area contributed by atoms with Gasteiger partial charge < -0.3 is 36.2 Å². The van der Waals surface area contributed by atoms with Crippen LogP contribution in [0.3, 0.4) is 0 Å². The highest BCUT2D eigenvalue weighted by Crippen LogP contribution is 2.29. The van der Waals surface area contributed by atoms with Crippen molar-refractivity contribution < 1.29 is 25.2 Å². The van der Waals surface area contributed by atoms with Crippen LogP contribution < -0.4 is 15.8 Å². The minimum absolute atomic E-state index is 0.0972. The van der Waals surface area contributed by atoms with Gasteiger partial charge in [-0.3, -0.25) is 0 Å². The summed E-state index contributed by atoms with van der Waals surface area (Å²) in [4.78, 5) is 0. The Morgan fingerprint density at radius 1 is 1.19 bits per heavy atom. The summed E-state index contributed by atoms with van der Waals surface area (Å²) in [6, 6.07) is 5.29. The molecule has 3 rings (SSSR count). The molecule has 0 aromatic heterocycles. The number of phenolic OH excluding ortho intramolecular Hbond substituents is 1. The fourth-order valence-corrected chi connectivity index (χ4v) is 4.85. The first-order valence-electron chi connectivity index (χ1n) is 13.3. The number of dihydropyridines is 1. The van der Waals surface area contributed by atoms with Gasteiger partial charge >= 0.3 is 0 Å². The molecule has 1 aliphatic heterocycles. The Bertz CT molecular complexity index is 949. The molecule has 0 saturated carbocycles. The van der Waals surface area contributed by atoms with Crippen LogP contribution in [0.2, 0.25) is 0 Å². The second kappa shape index (κ2) is 14.8. The molecule has 7 N–H and O–H groups in total. The van der Waals surface area contributed by atoms with Gasteiger partial charge in [-0.1, -0.05) is 30.9 Å². The SMILES string of the molecule is NC1=CC(CCCOc2cc(CCC(O)C3CC#CC(CCO)CCCCC3O)ccc2O)=CCN1. The van der Waals surface area contributed by atoms with Gasteiger partial charge in [-0.2, -0.15) is 0 Å². The van der Waals surface area contributed by atoms with Gasteiger partial charge in [0.05, 0.1) is 24.6 Å². The first-order chi connectivity index (χ1) is 17.5. The maximum Gasteiger partial charge on any atom is 0.161 e. The molecule has 7 heteroatoms. The lowest BCUT2D eigenvalue weighted by atomic mass is 9.85. The number of aliphatic hydroxyl groups is 3. The lowest BCUT2D eigenvalue weighted by Gasteiger charge is -2.27. The van der Waals surface area contributed by atoms with Crippen molar-refractivity contribution in [2.24, 2.45) is 17.6 Å². The monoisotopic (exact) mass is 498 g/mol. The van der Waals surface area contributed by atoms with Crippen molar-refractivity contribution in [1.82, 2.24) is 5.32 Å². The number of allylic oxidation sites excluding steroid dienone is 2. The molecule has 0 radical (unpaired) electrons. The summed E-state index contributed by atoms with van der Waals surface area (Å²) in [6.45, 7) is 1.35. The van der Waals surface area contributed by atoms with Crippen LogP contribution in [-0.2, 0) is 6.42 Å². The van der Waals surface area contributed by atoms with Crippen molar-refractivity contribution in [3.8, 4) is 23.3 Å². The molecule has 1 aromatic carbocycles. The number of rotatable bonds is 11. The molecule has 1 aromatic rings. The van der Waals surface area contributed by atoms with Crippen LogP contribution in [0.25, 0.3) is 0 Å². The number of nitrogens with one attached hydrogen (secondary N) is 1. The Hall–Kier alpha value is -2.66. The van der Waals surface area contributed by atoms with Crippen molar-refractivity contribution >= 4 is 0 Å². The number of aromatic hydroxyl groups is 1. The van der Waals surface area contributed by atoms with Crippen LogP contribution in [0.15, 0.2) is 41.7 Å². The molecular weight excluding hydrogens is 456 g/mol. The highest BCUT2D eigenvalue weighted by Gasteiger charge is 2.26. The molecule has 2 aliphatic rings. The van der Waals surface area contributed by atoms with Gasteiger partial charge in [0.2, 0.25) is 0 Å². The van der Waals surface area contributed by atoms with Gasteiger partial charge in [0.25, 0.3) is 0 Å². The van der Waals surface area contributed by atoms with Crippen molar-refractivity contribution in [2.75, 3.05) is 19.8 Å². The number of nitrogens with two attached hydrogens (primary N) is 1. The largest absolute Gasteiger partial charge is 0.504 e. The summed E-state index contributed by atoms with van der Waals surface area (Å²) >= 11 is 0. The maximum absolute atomic E-state index is 10.9. The summed E-state index contributed by atoms with van der Waals surface area (Å²) in [5.41, 5.74) is 7.94. The van der Waals surface area contributed by atoms with E-state index in [1.165, 1.54) is 5.57 Å². The first kappa shape index (κ1) is 27.9. The molecule has 0 amide bonds. The fourth-order valence-electron chi connectivity index (χ4n) is 4.85. The van der Waals surface area contributed by atoms with Crippen LogP contribution >= 0.6 is 0 Å². The molecule has 4 atom stereocenters. The minimum Gasteiger partial charge on any atom is -0.504 e. The summed E-state index contributed by atoms with van der Waals surface area (Å²) in [7, 11) is 0. The number of phenols is 1. The molecule has 0 spiro atoms. The third kappa shape index (κ3) is 9.09. The highest BCUT2D eigenvalue weighted by atomic mass is 16.5. The molecule has 4 unspecified atom stereocenters. The molecule has 1 aliphatic carbocycles. The molecule has 198 valence electrons. The zero-order chi connectivity index (χ0) is 25.8. The normalized spacial score (nSPS) is 23.4. The highest BCUT2D eigenvalue weighted by molar-refractivity contribution is 5.42. The molecule has 0 bridgehead atoms. The van der Waals surface area contributed by atoms with E-state index in [9.17, 15) is 20.4 Å². The Balaban J connectivity index is 1.51. The number of hydrogen-bond donors (Lipinski definition) is 6. The zero-order valence-electron chi connectivity index (χ0n) is 21.2. The third-order valence-corrected chi connectivity index (χ3v) is 7.04. The average molecular weight is 499 g/mol. The van der Waals surface area contributed by atoms with Crippen molar-refractivity contribution in [2.45, 2.75) is 76.4 Å². The summed E-state index contributed by atoms with van der Waals surface area (Å²) in [6.07, 6.45) is 10.1. The van der Waals surface area contributed by atoms with Gasteiger partial charge in [0.15, 0.2) is 11.5 Å². The van der Waals surface area contributed by atoms with Crippen LogP contribution in [0, 0.1) is 23.7 Å². The van der Waals surface area contributed by atoms with E-state index < -0.39 is 12.2 Å². The first-order valence-corrected chi connectivity index (χ1v) is 13.3. The Morgan fingerprint density at radius 3 is 2.83 bits per heavy atom. The lowest BCUT2D eigenvalue weighted by molar-refractivity contribution is 0.00556. The van der Waals surface area contributed by atoms with Gasteiger partial charge in [0.1, 0.15) is 0 Å². The van der Waals surface area contributed by atoms with E-state index in [2.05, 4.69) is 23.2 Å². The third-order valence-electron chi connectivity index (χ3n) is 7.04. The Labute approximate surface area is 215 Å². The van der Waals surface area contributed by atoms with Crippen molar-refractivity contribution in [3.63, 3.8) is 0 Å². The maximum atomic E-state index is 10.9. The van der Waals surface area contributed by atoms with Crippen LogP contribution in [0.1, 0.15) is 63.4 Å². The zero-order valence-corrected chi connectivity index (χ0v) is 21.2. The second-order valence-corrected chi connectivity index (χ2v) is 9.87. The van der Waals surface area contributed by atoms with E-state index in [0.717, 1.165) is 44.2 Å². The fraction of sp³-hybridized carbons (Fsp3) is 0.586. The van der Waals surface area contributed by atoms with Crippen LogP contribution in [-0.4, -0.2) is 52.4 Å². The van der Waals surface area contributed by atoms with E-state index in [1.54, 1.807) is 6.07 Å².